The van der Waals surface area contributed by atoms with Crippen LogP contribution >= 0.6 is 11.8 Å². The third-order valence-electron chi connectivity index (χ3n) is 13.5. The molecule has 4 heterocycles. The van der Waals surface area contributed by atoms with Crippen molar-refractivity contribution < 1.29 is 4.42 Å². The van der Waals surface area contributed by atoms with Crippen molar-refractivity contribution >= 4 is 55.4 Å². The largest absolute Gasteiger partial charge is 0.456 e. The van der Waals surface area contributed by atoms with Crippen LogP contribution in [0, 0.1) is 0 Å². The monoisotopic (exact) mass is 845 g/mol. The lowest BCUT2D eigenvalue weighted by Gasteiger charge is -2.39. The van der Waals surface area contributed by atoms with Gasteiger partial charge >= 0.3 is 0 Å². The van der Waals surface area contributed by atoms with E-state index in [2.05, 4.69) is 170 Å². The fourth-order valence-corrected chi connectivity index (χ4v) is 12.0. The van der Waals surface area contributed by atoms with E-state index >= 15 is 0 Å². The Labute approximate surface area is 378 Å². The lowest BCUT2D eigenvalue weighted by atomic mass is 9.67. The van der Waals surface area contributed by atoms with E-state index in [1.807, 2.05) is 54.2 Å². The SMILES string of the molecule is c1ccc(-c2nc(-c3ccc4c(c3)nc(-c3ccccc3)c3cc5c(cc34)C3(c4ccccc4Sc4ccccc43)c3ccccc3-5)cc(-c3cccc4oc5ccccc5c34)n2)cc1. The van der Waals surface area contributed by atoms with Crippen molar-refractivity contribution in [3.8, 4) is 56.3 Å². The summed E-state index contributed by atoms with van der Waals surface area (Å²) in [6, 6.07) is 76.0. The minimum Gasteiger partial charge on any atom is -0.456 e. The van der Waals surface area contributed by atoms with E-state index in [0.29, 0.717) is 5.82 Å². The predicted molar refractivity (Wildman–Crippen MR) is 265 cm³/mol. The summed E-state index contributed by atoms with van der Waals surface area (Å²) in [4.78, 5) is 18.7. The lowest BCUT2D eigenvalue weighted by Crippen LogP contribution is -2.31. The summed E-state index contributed by atoms with van der Waals surface area (Å²) < 4.78 is 6.34. The summed E-state index contributed by atoms with van der Waals surface area (Å²) in [5, 5.41) is 5.50. The number of benzene rings is 9. The summed E-state index contributed by atoms with van der Waals surface area (Å²) in [6.45, 7) is 0. The molecule has 0 bridgehead atoms. The van der Waals surface area contributed by atoms with E-state index in [0.717, 1.165) is 77.6 Å². The first-order valence-electron chi connectivity index (χ1n) is 22.0. The normalized spacial score (nSPS) is 13.3. The van der Waals surface area contributed by atoms with Crippen LogP contribution < -0.4 is 0 Å². The molecule has 2 aliphatic rings. The number of para-hydroxylation sites is 1. The zero-order valence-electron chi connectivity index (χ0n) is 34.9. The van der Waals surface area contributed by atoms with Crippen molar-refractivity contribution in [1.29, 1.82) is 0 Å². The van der Waals surface area contributed by atoms with Crippen LogP contribution in [0.3, 0.4) is 0 Å². The fourth-order valence-electron chi connectivity index (χ4n) is 10.8. The zero-order valence-corrected chi connectivity index (χ0v) is 35.7. The number of hydrogen-bond acceptors (Lipinski definition) is 5. The highest BCUT2D eigenvalue weighted by molar-refractivity contribution is 7.99. The molecule has 0 N–H and O–H groups in total. The van der Waals surface area contributed by atoms with Gasteiger partial charge in [-0.3, -0.25) is 0 Å². The van der Waals surface area contributed by atoms with Crippen LogP contribution in [-0.2, 0) is 5.41 Å². The molecular formula is C60H35N3OS. The Morgan fingerprint density at radius 2 is 1.02 bits per heavy atom. The van der Waals surface area contributed by atoms with Crippen molar-refractivity contribution in [3.05, 3.63) is 235 Å². The van der Waals surface area contributed by atoms with Gasteiger partial charge in [-0.1, -0.05) is 176 Å². The smallest absolute Gasteiger partial charge is 0.160 e. The molecule has 12 aromatic rings. The number of aromatic nitrogens is 3. The van der Waals surface area contributed by atoms with Gasteiger partial charge < -0.3 is 4.42 Å². The average molecular weight is 846 g/mol. The summed E-state index contributed by atoms with van der Waals surface area (Å²) in [5.41, 5.74) is 16.5. The van der Waals surface area contributed by atoms with Crippen molar-refractivity contribution in [2.75, 3.05) is 0 Å². The Kier molecular flexibility index (Phi) is 7.80. The van der Waals surface area contributed by atoms with Gasteiger partial charge in [0.15, 0.2) is 5.82 Å². The van der Waals surface area contributed by atoms with Crippen LogP contribution in [0.2, 0.25) is 0 Å². The highest BCUT2D eigenvalue weighted by atomic mass is 32.2. The van der Waals surface area contributed by atoms with Gasteiger partial charge in [0.1, 0.15) is 11.2 Å². The predicted octanol–water partition coefficient (Wildman–Crippen LogP) is 15.6. The van der Waals surface area contributed by atoms with Crippen LogP contribution in [0.5, 0.6) is 0 Å². The van der Waals surface area contributed by atoms with Crippen molar-refractivity contribution in [3.63, 3.8) is 0 Å². The van der Waals surface area contributed by atoms with Gasteiger partial charge in [0, 0.05) is 53.6 Å². The summed E-state index contributed by atoms with van der Waals surface area (Å²) in [7, 11) is 0. The first-order chi connectivity index (χ1) is 32.2. The molecule has 5 heteroatoms. The van der Waals surface area contributed by atoms with Gasteiger partial charge in [-0.2, -0.15) is 0 Å². The molecule has 0 radical (unpaired) electrons. The zero-order chi connectivity index (χ0) is 42.6. The van der Waals surface area contributed by atoms with Crippen molar-refractivity contribution in [2.45, 2.75) is 15.2 Å². The third kappa shape index (κ3) is 5.30. The second-order valence-corrected chi connectivity index (χ2v) is 18.1. The minimum atomic E-state index is -0.491. The Balaban J connectivity index is 1.04. The van der Waals surface area contributed by atoms with Gasteiger partial charge in [-0.05, 0) is 87.3 Å². The molecule has 14 rings (SSSR count). The van der Waals surface area contributed by atoms with Crippen LogP contribution in [0.4, 0.5) is 0 Å². The van der Waals surface area contributed by atoms with Gasteiger partial charge in [-0.25, -0.2) is 15.0 Å². The van der Waals surface area contributed by atoms with Crippen LogP contribution in [0.1, 0.15) is 22.3 Å². The van der Waals surface area contributed by atoms with Gasteiger partial charge in [-0.15, -0.1) is 0 Å². The highest BCUT2D eigenvalue weighted by Gasteiger charge is 2.50. The Morgan fingerprint density at radius 3 is 1.82 bits per heavy atom. The molecule has 0 saturated heterocycles. The molecule has 4 nitrogen and oxygen atoms in total. The Bertz CT molecular complexity index is 3890. The van der Waals surface area contributed by atoms with Crippen LogP contribution in [-0.4, -0.2) is 15.0 Å². The molecule has 0 unspecified atom stereocenters. The standard InChI is InChI=1S/C60H35N3OS/c1-3-16-36(17-4-1)58-45-33-44-39-20-7-9-23-46(39)60(47-24-10-13-28-55(47)65-56-29-14-11-25-48(56)60)49(44)34-43(45)40-31-30-38(32-51(40)61-58)50-35-52(63-59(62-50)37-18-5-2-6-19-37)41-22-15-27-54-57(41)42-21-8-12-26-53(42)64-54/h1-35H. The van der Waals surface area contributed by atoms with Crippen LogP contribution in [0.25, 0.3) is 99.9 Å². The molecule has 0 fully saturated rings. The van der Waals surface area contributed by atoms with Gasteiger partial charge in [0.25, 0.3) is 0 Å². The van der Waals surface area contributed by atoms with E-state index in [1.165, 1.54) is 48.6 Å². The molecule has 302 valence electrons. The van der Waals surface area contributed by atoms with Crippen molar-refractivity contribution in [2.24, 2.45) is 0 Å². The molecule has 0 amide bonds. The first-order valence-corrected chi connectivity index (χ1v) is 22.8. The second-order valence-electron chi connectivity index (χ2n) is 17.0. The van der Waals surface area contributed by atoms with E-state index in [1.54, 1.807) is 0 Å². The Morgan fingerprint density at radius 1 is 0.369 bits per heavy atom. The molecule has 1 aliphatic heterocycles. The summed E-state index contributed by atoms with van der Waals surface area (Å²) in [5.74, 6) is 0.658. The number of hydrogen-bond donors (Lipinski definition) is 0. The molecule has 9 aromatic carbocycles. The third-order valence-corrected chi connectivity index (χ3v) is 14.7. The maximum Gasteiger partial charge on any atom is 0.160 e. The highest BCUT2D eigenvalue weighted by Crippen LogP contribution is 2.63. The maximum atomic E-state index is 6.34. The molecular weight excluding hydrogens is 811 g/mol. The number of rotatable bonds is 4. The summed E-state index contributed by atoms with van der Waals surface area (Å²) >= 11 is 1.87. The molecule has 1 aliphatic carbocycles. The first kappa shape index (κ1) is 36.4. The molecule has 3 aromatic heterocycles. The number of furan rings is 1. The molecule has 65 heavy (non-hydrogen) atoms. The Hall–Kier alpha value is -8.12. The van der Waals surface area contributed by atoms with Crippen molar-refractivity contribution in [1.82, 2.24) is 15.0 Å². The van der Waals surface area contributed by atoms with Gasteiger partial charge in [0.05, 0.1) is 28.0 Å². The number of pyridine rings is 1. The van der Waals surface area contributed by atoms with E-state index < -0.39 is 5.41 Å². The topological polar surface area (TPSA) is 51.8 Å². The number of fused-ring (bicyclic) bond motifs is 15. The van der Waals surface area contributed by atoms with E-state index in [-0.39, 0.29) is 0 Å². The average Bonchev–Trinajstić information content (AvgIpc) is 3.89. The van der Waals surface area contributed by atoms with Gasteiger partial charge in [0.2, 0.25) is 0 Å². The molecule has 0 atom stereocenters. The lowest BCUT2D eigenvalue weighted by molar-refractivity contribution is 0.669. The van der Waals surface area contributed by atoms with Crippen LogP contribution in [0.15, 0.2) is 227 Å². The van der Waals surface area contributed by atoms with E-state index in [9.17, 15) is 0 Å². The molecule has 0 saturated carbocycles. The maximum absolute atomic E-state index is 6.34. The molecule has 1 spiro atoms. The fraction of sp³-hybridized carbons (Fsp3) is 0.0167. The van der Waals surface area contributed by atoms with E-state index in [4.69, 9.17) is 19.4 Å². The quantitative estimate of drug-likeness (QED) is 0.165. The summed E-state index contributed by atoms with van der Waals surface area (Å²) in [6.07, 6.45) is 0. The second kappa shape index (κ2) is 13.9. The number of nitrogens with zero attached hydrogens (tertiary/aromatic N) is 3. The minimum absolute atomic E-state index is 0.491.